The molecule has 0 fully saturated rings. The lowest BCUT2D eigenvalue weighted by Gasteiger charge is -2.06. The van der Waals surface area contributed by atoms with Gasteiger partial charge in [-0.25, -0.2) is 9.59 Å². The minimum Gasteiger partial charge on any atom is -0.422 e. The maximum atomic E-state index is 11.9. The Balaban J connectivity index is 0.000000127. The number of nitrogens with one attached hydrogen (secondary N) is 1. The van der Waals surface area contributed by atoms with Gasteiger partial charge in [0.2, 0.25) is 0 Å². The summed E-state index contributed by atoms with van der Waals surface area (Å²) in [5, 5.41) is 5.01. The molecular weight excluding hydrogens is 418 g/mol. The summed E-state index contributed by atoms with van der Waals surface area (Å²) in [5.74, 6) is 0. The topological polar surface area (TPSA) is 93.3 Å². The van der Waals surface area contributed by atoms with E-state index in [1.54, 1.807) is 36.4 Å². The minimum atomic E-state index is -0.422. The molecule has 7 rings (SSSR count). The molecule has 0 aliphatic carbocycles. The van der Waals surface area contributed by atoms with Crippen LogP contribution in [0.25, 0.3) is 54.4 Å². The maximum absolute atomic E-state index is 11.9. The summed E-state index contributed by atoms with van der Waals surface area (Å²) < 4.78 is 10.5. The normalized spacial score (nSPS) is 11.4. The van der Waals surface area contributed by atoms with Crippen molar-refractivity contribution in [1.82, 2.24) is 4.98 Å². The molecule has 7 aromatic rings. The average molecular weight is 433 g/mol. The third-order valence-electron chi connectivity index (χ3n) is 5.78. The summed E-state index contributed by atoms with van der Waals surface area (Å²) in [5.41, 5.74) is 0.845. The van der Waals surface area contributed by atoms with Crippen LogP contribution in [0.5, 0.6) is 0 Å². The average Bonchev–Trinajstić information content (AvgIpc) is 2.84. The Morgan fingerprint density at radius 3 is 1.58 bits per heavy atom. The Bertz CT molecular complexity index is 1910. The zero-order valence-electron chi connectivity index (χ0n) is 17.1. The van der Waals surface area contributed by atoms with Gasteiger partial charge in [-0.1, -0.05) is 48.5 Å². The van der Waals surface area contributed by atoms with E-state index in [-0.39, 0.29) is 5.56 Å². The van der Waals surface area contributed by atoms with Crippen molar-refractivity contribution in [1.29, 1.82) is 0 Å². The predicted molar refractivity (Wildman–Crippen MR) is 129 cm³/mol. The molecule has 3 aromatic heterocycles. The molecule has 4 aromatic carbocycles. The predicted octanol–water partition coefficient (Wildman–Crippen LogP) is 5.17. The summed E-state index contributed by atoms with van der Waals surface area (Å²) >= 11 is 0. The summed E-state index contributed by atoms with van der Waals surface area (Å²) in [6.07, 6.45) is 0. The van der Waals surface area contributed by atoms with Crippen molar-refractivity contribution in [2.45, 2.75) is 0 Å². The maximum Gasteiger partial charge on any atom is 0.344 e. The molecule has 158 valence electrons. The molecule has 0 amide bonds. The van der Waals surface area contributed by atoms with Crippen LogP contribution in [-0.4, -0.2) is 4.98 Å². The zero-order chi connectivity index (χ0) is 22.5. The Morgan fingerprint density at radius 2 is 0.970 bits per heavy atom. The molecule has 0 saturated heterocycles. The molecule has 0 aliphatic heterocycles. The Kier molecular flexibility index (Phi) is 4.13. The fraction of sp³-hybridized carbons (Fsp3) is 0. The molecule has 6 nitrogen and oxygen atoms in total. The van der Waals surface area contributed by atoms with Gasteiger partial charge < -0.3 is 13.8 Å². The van der Waals surface area contributed by atoms with E-state index in [4.69, 9.17) is 8.83 Å². The van der Waals surface area contributed by atoms with E-state index < -0.39 is 11.3 Å². The van der Waals surface area contributed by atoms with Crippen LogP contribution < -0.4 is 16.8 Å². The van der Waals surface area contributed by atoms with Crippen LogP contribution in [-0.2, 0) is 0 Å². The van der Waals surface area contributed by atoms with Crippen molar-refractivity contribution in [2.24, 2.45) is 0 Å². The van der Waals surface area contributed by atoms with Gasteiger partial charge in [-0.15, -0.1) is 0 Å². The smallest absolute Gasteiger partial charge is 0.344 e. The van der Waals surface area contributed by atoms with Crippen LogP contribution in [0, 0.1) is 0 Å². The molecule has 0 radical (unpaired) electrons. The number of fused-ring (bicyclic) bond motifs is 3. The van der Waals surface area contributed by atoms with Crippen molar-refractivity contribution in [2.75, 3.05) is 0 Å². The second kappa shape index (κ2) is 7.17. The van der Waals surface area contributed by atoms with Gasteiger partial charge in [-0.05, 0) is 41.8 Å². The number of pyridine rings is 1. The fourth-order valence-corrected chi connectivity index (χ4v) is 4.33. The van der Waals surface area contributed by atoms with Crippen LogP contribution in [0.15, 0.2) is 108 Å². The fourth-order valence-electron chi connectivity index (χ4n) is 4.33. The first-order valence-corrected chi connectivity index (χ1v) is 10.3. The van der Waals surface area contributed by atoms with Crippen LogP contribution in [0.2, 0.25) is 0 Å². The number of hydrogen-bond donors (Lipinski definition) is 1. The van der Waals surface area contributed by atoms with Gasteiger partial charge in [0.15, 0.2) is 0 Å². The van der Waals surface area contributed by atoms with Gasteiger partial charge in [0.05, 0.1) is 10.8 Å². The molecular formula is C27H15NO5. The molecule has 0 saturated carbocycles. The van der Waals surface area contributed by atoms with Gasteiger partial charge in [0, 0.05) is 27.1 Å². The number of benzene rings is 4. The number of H-pyrrole nitrogens is 1. The van der Waals surface area contributed by atoms with E-state index in [2.05, 4.69) is 4.98 Å². The summed E-state index contributed by atoms with van der Waals surface area (Å²) in [4.78, 5) is 38.3. The highest BCUT2D eigenvalue weighted by molar-refractivity contribution is 6.18. The van der Waals surface area contributed by atoms with Crippen LogP contribution >= 0.6 is 0 Å². The third kappa shape index (κ3) is 2.92. The highest BCUT2D eigenvalue weighted by Crippen LogP contribution is 2.30. The Hall–Kier alpha value is -4.71. The number of hydrogen-bond acceptors (Lipinski definition) is 5. The lowest BCUT2D eigenvalue weighted by atomic mass is 10.0. The molecule has 0 spiro atoms. The Labute approximate surface area is 184 Å². The van der Waals surface area contributed by atoms with Crippen molar-refractivity contribution in [3.05, 3.63) is 116 Å². The lowest BCUT2D eigenvalue weighted by molar-refractivity contribution is 0.559. The summed E-state index contributed by atoms with van der Waals surface area (Å²) in [6.45, 7) is 0. The van der Waals surface area contributed by atoms with Crippen molar-refractivity contribution in [3.63, 3.8) is 0 Å². The minimum absolute atomic E-state index is 0.0238. The quantitative estimate of drug-likeness (QED) is 0.263. The molecule has 33 heavy (non-hydrogen) atoms. The highest BCUT2D eigenvalue weighted by Gasteiger charge is 2.15. The van der Waals surface area contributed by atoms with Crippen molar-refractivity contribution >= 4 is 54.4 Å². The Morgan fingerprint density at radius 1 is 0.485 bits per heavy atom. The molecule has 6 heteroatoms. The van der Waals surface area contributed by atoms with Crippen LogP contribution in [0.1, 0.15) is 0 Å². The molecule has 0 aliphatic rings. The molecule has 3 heterocycles. The summed E-state index contributed by atoms with van der Waals surface area (Å²) in [6, 6.07) is 25.5. The molecule has 0 bridgehead atoms. The van der Waals surface area contributed by atoms with E-state index in [9.17, 15) is 14.4 Å². The lowest BCUT2D eigenvalue weighted by Crippen LogP contribution is -2.05. The van der Waals surface area contributed by atoms with Crippen molar-refractivity contribution in [3.8, 4) is 0 Å². The standard InChI is InChI=1S/C14H6O4.C13H9NO/c15-13-7-3-1-5-9-11(7)12-8(14(16)17-9)4-2-6-10(12)18-13;15-13-11-7-2-1-5-9(11)10-6-3-4-8-12(10)14-13/h1-6H;1-8H,(H,14,15). The van der Waals surface area contributed by atoms with Crippen molar-refractivity contribution < 1.29 is 8.83 Å². The van der Waals surface area contributed by atoms with Gasteiger partial charge in [-0.3, -0.25) is 4.79 Å². The van der Waals surface area contributed by atoms with Gasteiger partial charge in [0.1, 0.15) is 11.2 Å². The van der Waals surface area contributed by atoms with Gasteiger partial charge in [0.25, 0.3) is 5.56 Å². The zero-order valence-corrected chi connectivity index (χ0v) is 17.1. The number of aromatic nitrogens is 1. The second-order valence-electron chi connectivity index (χ2n) is 7.68. The molecule has 0 atom stereocenters. The highest BCUT2D eigenvalue weighted by atomic mass is 16.4. The van der Waals surface area contributed by atoms with E-state index >= 15 is 0 Å². The van der Waals surface area contributed by atoms with E-state index in [0.717, 1.165) is 21.7 Å². The van der Waals surface area contributed by atoms with E-state index in [1.807, 2.05) is 48.5 Å². The van der Waals surface area contributed by atoms with Gasteiger partial charge >= 0.3 is 11.3 Å². The number of aromatic amines is 1. The first-order chi connectivity index (χ1) is 16.1. The van der Waals surface area contributed by atoms with E-state index in [1.165, 1.54) is 0 Å². The summed E-state index contributed by atoms with van der Waals surface area (Å²) in [7, 11) is 0. The third-order valence-corrected chi connectivity index (χ3v) is 5.78. The monoisotopic (exact) mass is 433 g/mol. The van der Waals surface area contributed by atoms with Crippen LogP contribution in [0.3, 0.4) is 0 Å². The van der Waals surface area contributed by atoms with E-state index in [0.29, 0.717) is 32.7 Å². The first kappa shape index (κ1) is 19.0. The number of rotatable bonds is 0. The molecule has 1 N–H and O–H groups in total. The largest absolute Gasteiger partial charge is 0.422 e. The SMILES string of the molecule is O=c1[nH]c2ccccc2c2ccccc12.O=c1oc2cccc3c(=O)oc4cccc1c4c23. The second-order valence-corrected chi connectivity index (χ2v) is 7.68. The van der Waals surface area contributed by atoms with Crippen LogP contribution in [0.4, 0.5) is 0 Å². The first-order valence-electron chi connectivity index (χ1n) is 10.3. The molecule has 0 unspecified atom stereocenters. The van der Waals surface area contributed by atoms with Gasteiger partial charge in [-0.2, -0.15) is 0 Å². The number of para-hydroxylation sites is 1.